The molecule has 0 aromatic heterocycles. The topological polar surface area (TPSA) is 46.1 Å². The SMILES string of the molecule is CCc1cc2c(-c3ccccc3)cccc2[cH-]1.CCc1cc2c(-c3ccccc3)cccc2[cH-]1.C[Si](C)=[Zr+2].Cc1cccc(C)c1[O-].Cc1cccc(C)c1[O-]. The van der Waals surface area contributed by atoms with Crippen LogP contribution in [0.5, 0.6) is 11.5 Å². The maximum atomic E-state index is 11.0. The Hall–Kier alpha value is -4.76. The Morgan fingerprint density at radius 2 is 0.768 bits per heavy atom. The van der Waals surface area contributed by atoms with E-state index in [1.54, 1.807) is 23.3 Å². The largest absolute Gasteiger partial charge is 0.872 e. The second-order valence-corrected chi connectivity index (χ2v) is 23.6. The predicted molar refractivity (Wildman–Crippen MR) is 237 cm³/mol. The van der Waals surface area contributed by atoms with Crippen LogP contribution < -0.4 is 10.2 Å². The molecule has 8 aromatic rings. The van der Waals surface area contributed by atoms with E-state index in [4.69, 9.17) is 0 Å². The molecule has 2 nitrogen and oxygen atoms in total. The van der Waals surface area contributed by atoms with Gasteiger partial charge in [0, 0.05) is 0 Å². The van der Waals surface area contributed by atoms with Gasteiger partial charge in [-0.3, -0.25) is 0 Å². The van der Waals surface area contributed by atoms with Gasteiger partial charge in [0.2, 0.25) is 0 Å². The number of benzene rings is 6. The Kier molecular flexibility index (Phi) is 17.3. The van der Waals surface area contributed by atoms with Crippen molar-refractivity contribution in [3.8, 4) is 33.8 Å². The first kappa shape index (κ1) is 44.0. The van der Waals surface area contributed by atoms with Gasteiger partial charge >= 0.3 is 41.9 Å². The maximum absolute atomic E-state index is 11.0. The van der Waals surface area contributed by atoms with E-state index in [1.807, 2.05) is 64.1 Å². The summed E-state index contributed by atoms with van der Waals surface area (Å²) in [5.74, 6) is 0.329. The summed E-state index contributed by atoms with van der Waals surface area (Å²) in [6, 6.07) is 54.6. The second kappa shape index (κ2) is 22.1. The van der Waals surface area contributed by atoms with E-state index in [0.717, 1.165) is 35.1 Å². The zero-order chi connectivity index (χ0) is 40.6. The first-order valence-corrected chi connectivity index (χ1v) is 25.6. The quantitative estimate of drug-likeness (QED) is 0.131. The number of hydrogen-bond acceptors (Lipinski definition) is 2. The first-order valence-electron chi connectivity index (χ1n) is 19.4. The molecule has 0 saturated carbocycles. The minimum atomic E-state index is 0.164. The molecule has 0 N–H and O–H groups in total. The van der Waals surface area contributed by atoms with E-state index in [2.05, 4.69) is 148 Å². The van der Waals surface area contributed by atoms with Gasteiger partial charge in [-0.2, -0.15) is 12.1 Å². The zero-order valence-corrected chi connectivity index (χ0v) is 37.7. The number of para-hydroxylation sites is 2. The minimum absolute atomic E-state index is 0.164. The number of rotatable bonds is 4. The Labute approximate surface area is 350 Å². The van der Waals surface area contributed by atoms with Gasteiger partial charge in [0.25, 0.3) is 0 Å². The summed E-state index contributed by atoms with van der Waals surface area (Å²) < 4.78 is 0. The van der Waals surface area contributed by atoms with Crippen LogP contribution in [0.25, 0.3) is 43.8 Å². The van der Waals surface area contributed by atoms with Crippen molar-refractivity contribution in [1.29, 1.82) is 0 Å². The summed E-state index contributed by atoms with van der Waals surface area (Å²) >= 11 is 1.74. The van der Waals surface area contributed by atoms with E-state index < -0.39 is 0 Å². The van der Waals surface area contributed by atoms with Crippen molar-refractivity contribution in [2.24, 2.45) is 0 Å². The third-order valence-electron chi connectivity index (χ3n) is 9.42. The fourth-order valence-electron chi connectivity index (χ4n) is 6.34. The Bertz CT molecular complexity index is 2230. The first-order chi connectivity index (χ1) is 26.9. The van der Waals surface area contributed by atoms with E-state index >= 15 is 0 Å². The van der Waals surface area contributed by atoms with Crippen molar-refractivity contribution in [1.82, 2.24) is 0 Å². The van der Waals surface area contributed by atoms with Gasteiger partial charge in [-0.15, -0.1) is 80.6 Å². The van der Waals surface area contributed by atoms with E-state index in [9.17, 15) is 10.2 Å². The summed E-state index contributed by atoms with van der Waals surface area (Å²) in [7, 11) is 0. The van der Waals surface area contributed by atoms with Gasteiger partial charge in [-0.05, 0) is 51.7 Å². The van der Waals surface area contributed by atoms with Crippen LogP contribution in [0.1, 0.15) is 47.2 Å². The van der Waals surface area contributed by atoms with Crippen molar-refractivity contribution in [2.45, 2.75) is 67.5 Å². The molecule has 4 heteroatoms. The van der Waals surface area contributed by atoms with Crippen molar-refractivity contribution >= 4 is 27.0 Å². The molecule has 0 unspecified atom stereocenters. The van der Waals surface area contributed by atoms with E-state index in [1.165, 1.54) is 54.9 Å². The van der Waals surface area contributed by atoms with E-state index in [0.29, 0.717) is 0 Å². The van der Waals surface area contributed by atoms with Crippen molar-refractivity contribution < 1.29 is 33.5 Å². The molecule has 0 aliphatic heterocycles. The summed E-state index contributed by atoms with van der Waals surface area (Å²) in [5, 5.41) is 27.4. The smallest absolute Gasteiger partial charge is 0.0404 e. The molecule has 284 valence electrons. The van der Waals surface area contributed by atoms with Gasteiger partial charge < -0.3 is 10.2 Å². The van der Waals surface area contributed by atoms with Gasteiger partial charge in [0.15, 0.2) is 0 Å². The Balaban J connectivity index is 0.000000167. The molecule has 0 radical (unpaired) electrons. The van der Waals surface area contributed by atoms with Crippen LogP contribution >= 0.6 is 0 Å². The van der Waals surface area contributed by atoms with Crippen LogP contribution in [0.2, 0.25) is 13.1 Å². The van der Waals surface area contributed by atoms with Crippen molar-refractivity contribution in [3.63, 3.8) is 0 Å². The number of aryl methyl sites for hydroxylation is 6. The molecular formula is C52H54O2SiZr-2. The van der Waals surface area contributed by atoms with Gasteiger partial charge in [0.1, 0.15) is 0 Å². The Morgan fingerprint density at radius 3 is 1.05 bits per heavy atom. The molecule has 8 rings (SSSR count). The number of hydrogen-bond donors (Lipinski definition) is 0. The van der Waals surface area contributed by atoms with Crippen LogP contribution in [0, 0.1) is 27.7 Å². The summed E-state index contributed by atoms with van der Waals surface area (Å²) in [4.78, 5) is 0. The summed E-state index contributed by atoms with van der Waals surface area (Å²) in [6.45, 7) is 16.3. The average molecular weight is 830 g/mol. The predicted octanol–water partition coefficient (Wildman–Crippen LogP) is 13.1. The molecule has 56 heavy (non-hydrogen) atoms. The molecule has 0 atom stereocenters. The van der Waals surface area contributed by atoms with Gasteiger partial charge in [-0.25, -0.2) is 0 Å². The standard InChI is InChI=1S/2C17H15.2C8H10O.C2H6Si.Zr/c2*1-2-13-11-15-9-6-10-16(17(15)12-13)14-7-4-3-5-8-14;2*1-6-4-3-5-7(2)8(6)9;1-3-2;/h2*3-12H,2H2,1H3;2*3-5,9H,1-2H3;1-2H3;/q2*-1;;;;+2/p-2. The van der Waals surface area contributed by atoms with Gasteiger partial charge in [-0.1, -0.05) is 156 Å². The minimum Gasteiger partial charge on any atom is -0.872 e. The molecule has 0 heterocycles. The average Bonchev–Trinajstić information content (AvgIpc) is 3.85. The molecule has 8 aromatic carbocycles. The van der Waals surface area contributed by atoms with Gasteiger partial charge in [0.05, 0.1) is 0 Å². The fourth-order valence-corrected chi connectivity index (χ4v) is 6.34. The van der Waals surface area contributed by atoms with Crippen LogP contribution in [0.15, 0.2) is 158 Å². The van der Waals surface area contributed by atoms with Crippen LogP contribution in [-0.2, 0) is 36.2 Å². The molecule has 0 aliphatic rings. The second-order valence-electron chi connectivity index (χ2n) is 14.2. The fraction of sp³-hybridized carbons (Fsp3) is 0.192. The molecular weight excluding hydrogens is 776 g/mol. The maximum Gasteiger partial charge on any atom is -0.0404 e. The molecule has 0 amide bonds. The third-order valence-corrected chi connectivity index (χ3v) is 9.42. The third kappa shape index (κ3) is 12.6. The molecule has 0 spiro atoms. The monoisotopic (exact) mass is 828 g/mol. The number of fused-ring (bicyclic) bond motifs is 2. The molecule has 0 bridgehead atoms. The van der Waals surface area contributed by atoms with Crippen LogP contribution in [0.3, 0.4) is 0 Å². The Morgan fingerprint density at radius 1 is 0.464 bits per heavy atom. The van der Waals surface area contributed by atoms with Crippen molar-refractivity contribution in [2.75, 3.05) is 0 Å². The molecule has 0 saturated heterocycles. The van der Waals surface area contributed by atoms with Crippen molar-refractivity contribution in [3.05, 3.63) is 191 Å². The van der Waals surface area contributed by atoms with E-state index in [-0.39, 0.29) is 16.9 Å². The van der Waals surface area contributed by atoms with Crippen LogP contribution in [-0.4, -0.2) is 5.43 Å². The normalized spacial score (nSPS) is 10.2. The molecule has 0 fully saturated rings. The summed E-state index contributed by atoms with van der Waals surface area (Å²) in [6.07, 6.45) is 2.20. The molecule has 0 aliphatic carbocycles. The zero-order valence-electron chi connectivity index (χ0n) is 34.2. The summed E-state index contributed by atoms with van der Waals surface area (Å²) in [5.41, 5.74) is 11.6. The van der Waals surface area contributed by atoms with Crippen LogP contribution in [0.4, 0.5) is 0 Å².